The molecule has 0 fully saturated rings. The minimum absolute atomic E-state index is 0.163. The lowest BCUT2D eigenvalue weighted by atomic mass is 10.1. The molecule has 2 amide bonds. The van der Waals surface area contributed by atoms with Crippen LogP contribution in [0.25, 0.3) is 0 Å². The van der Waals surface area contributed by atoms with Gasteiger partial charge in [0.2, 0.25) is 5.91 Å². The van der Waals surface area contributed by atoms with Crippen LogP contribution in [0.1, 0.15) is 21.5 Å². The third-order valence-electron chi connectivity index (χ3n) is 3.83. The monoisotopic (exact) mass is 345 g/mol. The summed E-state index contributed by atoms with van der Waals surface area (Å²) in [6.07, 6.45) is 3.64. The van der Waals surface area contributed by atoms with E-state index >= 15 is 0 Å². The molecule has 1 aromatic heterocycles. The number of carbonyl (C=O) groups is 2. The summed E-state index contributed by atoms with van der Waals surface area (Å²) in [4.78, 5) is 28.8. The molecule has 0 aliphatic heterocycles. The van der Waals surface area contributed by atoms with E-state index in [0.717, 1.165) is 11.1 Å². The molecule has 0 aliphatic rings. The van der Waals surface area contributed by atoms with Gasteiger partial charge in [0, 0.05) is 18.9 Å². The van der Waals surface area contributed by atoms with Crippen molar-refractivity contribution in [1.82, 2.24) is 10.3 Å². The van der Waals surface area contributed by atoms with Crippen molar-refractivity contribution >= 4 is 17.5 Å². The summed E-state index contributed by atoms with van der Waals surface area (Å²) in [5, 5.41) is 5.67. The highest BCUT2D eigenvalue weighted by molar-refractivity contribution is 6.04. The number of anilines is 1. The van der Waals surface area contributed by atoms with Crippen molar-refractivity contribution in [3.63, 3.8) is 0 Å². The largest absolute Gasteiger partial charge is 0.348 e. The zero-order valence-corrected chi connectivity index (χ0v) is 14.2. The number of pyridine rings is 1. The van der Waals surface area contributed by atoms with Crippen molar-refractivity contribution in [1.29, 1.82) is 0 Å². The van der Waals surface area contributed by atoms with E-state index < -0.39 is 0 Å². The van der Waals surface area contributed by atoms with Crippen LogP contribution in [-0.2, 0) is 17.8 Å². The zero-order chi connectivity index (χ0) is 18.2. The Morgan fingerprint density at radius 2 is 1.58 bits per heavy atom. The van der Waals surface area contributed by atoms with Gasteiger partial charge in [-0.05, 0) is 29.3 Å². The number of nitrogens with zero attached hydrogens (tertiary/aromatic N) is 1. The van der Waals surface area contributed by atoms with E-state index in [1.807, 2.05) is 42.5 Å². The summed E-state index contributed by atoms with van der Waals surface area (Å²) >= 11 is 0. The third-order valence-corrected chi connectivity index (χ3v) is 3.83. The van der Waals surface area contributed by atoms with E-state index in [1.54, 1.807) is 36.7 Å². The smallest absolute Gasteiger partial charge is 0.253 e. The summed E-state index contributed by atoms with van der Waals surface area (Å²) in [7, 11) is 0. The molecular weight excluding hydrogens is 326 g/mol. The van der Waals surface area contributed by atoms with Crippen LogP contribution in [0, 0.1) is 0 Å². The average molecular weight is 345 g/mol. The maximum Gasteiger partial charge on any atom is 0.253 e. The first-order valence-corrected chi connectivity index (χ1v) is 8.32. The van der Waals surface area contributed by atoms with Crippen LogP contribution < -0.4 is 10.6 Å². The Bertz CT molecular complexity index is 880. The van der Waals surface area contributed by atoms with Crippen molar-refractivity contribution in [3.8, 4) is 0 Å². The Hall–Kier alpha value is -3.47. The highest BCUT2D eigenvalue weighted by Crippen LogP contribution is 2.16. The van der Waals surface area contributed by atoms with Crippen LogP contribution in [0.3, 0.4) is 0 Å². The highest BCUT2D eigenvalue weighted by Gasteiger charge is 2.13. The van der Waals surface area contributed by atoms with Crippen molar-refractivity contribution in [3.05, 3.63) is 95.8 Å². The second-order valence-corrected chi connectivity index (χ2v) is 5.80. The molecule has 3 aromatic rings. The summed E-state index contributed by atoms with van der Waals surface area (Å²) in [6, 6.07) is 20.2. The molecule has 0 bridgehead atoms. The van der Waals surface area contributed by atoms with Crippen molar-refractivity contribution in [2.24, 2.45) is 0 Å². The number of hydrogen-bond acceptors (Lipinski definition) is 3. The fourth-order valence-electron chi connectivity index (χ4n) is 2.55. The number of nitrogens with one attached hydrogen (secondary N) is 2. The van der Waals surface area contributed by atoms with Crippen LogP contribution >= 0.6 is 0 Å². The summed E-state index contributed by atoms with van der Waals surface area (Å²) in [6.45, 7) is 0.374. The molecule has 1 heterocycles. The lowest BCUT2D eigenvalue weighted by Gasteiger charge is -2.11. The predicted molar refractivity (Wildman–Crippen MR) is 101 cm³/mol. The van der Waals surface area contributed by atoms with Gasteiger partial charge in [-0.25, -0.2) is 0 Å². The van der Waals surface area contributed by atoms with Gasteiger partial charge in [-0.1, -0.05) is 48.5 Å². The standard InChI is InChI=1S/C21H19N3O2/c25-20(13-16-7-2-1-3-8-16)24-19-11-5-4-10-18(19)21(26)23-15-17-9-6-12-22-14-17/h1-12,14H,13,15H2,(H,23,26)(H,24,25). The minimum Gasteiger partial charge on any atom is -0.348 e. The number of rotatable bonds is 6. The molecule has 0 aliphatic carbocycles. The van der Waals surface area contributed by atoms with Gasteiger partial charge in [-0.15, -0.1) is 0 Å². The molecule has 0 radical (unpaired) electrons. The molecule has 130 valence electrons. The minimum atomic E-state index is -0.246. The molecule has 0 saturated heterocycles. The van der Waals surface area contributed by atoms with E-state index in [2.05, 4.69) is 15.6 Å². The maximum absolute atomic E-state index is 12.5. The number of hydrogen-bond donors (Lipinski definition) is 2. The molecular formula is C21H19N3O2. The van der Waals surface area contributed by atoms with Crippen LogP contribution in [0.15, 0.2) is 79.1 Å². The molecule has 0 saturated carbocycles. The van der Waals surface area contributed by atoms with Gasteiger partial charge in [-0.3, -0.25) is 14.6 Å². The lowest BCUT2D eigenvalue weighted by molar-refractivity contribution is -0.115. The number of para-hydroxylation sites is 1. The van der Waals surface area contributed by atoms with Gasteiger partial charge in [0.05, 0.1) is 17.7 Å². The van der Waals surface area contributed by atoms with Gasteiger partial charge in [0.15, 0.2) is 0 Å². The maximum atomic E-state index is 12.5. The molecule has 0 unspecified atom stereocenters. The van der Waals surface area contributed by atoms with Crippen LogP contribution in [0.4, 0.5) is 5.69 Å². The van der Waals surface area contributed by atoms with Gasteiger partial charge >= 0.3 is 0 Å². The molecule has 0 atom stereocenters. The number of aromatic nitrogens is 1. The van der Waals surface area contributed by atoms with Gasteiger partial charge in [0.25, 0.3) is 5.91 Å². The fraction of sp³-hybridized carbons (Fsp3) is 0.0952. The normalized spacial score (nSPS) is 10.2. The summed E-state index contributed by atoms with van der Waals surface area (Å²) in [5.41, 5.74) is 2.75. The molecule has 0 spiro atoms. The van der Waals surface area contributed by atoms with E-state index in [1.165, 1.54) is 0 Å². The summed E-state index contributed by atoms with van der Waals surface area (Å²) < 4.78 is 0. The molecule has 5 heteroatoms. The number of carbonyl (C=O) groups excluding carboxylic acids is 2. The second kappa shape index (κ2) is 8.58. The Labute approximate surface area is 152 Å². The topological polar surface area (TPSA) is 71.1 Å². The first kappa shape index (κ1) is 17.4. The molecule has 2 aromatic carbocycles. The van der Waals surface area contributed by atoms with E-state index in [-0.39, 0.29) is 18.2 Å². The first-order chi connectivity index (χ1) is 12.7. The molecule has 26 heavy (non-hydrogen) atoms. The van der Waals surface area contributed by atoms with E-state index in [9.17, 15) is 9.59 Å². The Kier molecular flexibility index (Phi) is 5.72. The van der Waals surface area contributed by atoms with Crippen molar-refractivity contribution < 1.29 is 9.59 Å². The third kappa shape index (κ3) is 4.77. The highest BCUT2D eigenvalue weighted by atomic mass is 16.2. The Balaban J connectivity index is 1.65. The molecule has 3 rings (SSSR count). The fourth-order valence-corrected chi connectivity index (χ4v) is 2.55. The van der Waals surface area contributed by atoms with Gasteiger partial charge in [-0.2, -0.15) is 0 Å². The zero-order valence-electron chi connectivity index (χ0n) is 14.2. The van der Waals surface area contributed by atoms with Crippen molar-refractivity contribution in [2.45, 2.75) is 13.0 Å². The quantitative estimate of drug-likeness (QED) is 0.721. The first-order valence-electron chi connectivity index (χ1n) is 8.32. The second-order valence-electron chi connectivity index (χ2n) is 5.80. The van der Waals surface area contributed by atoms with Crippen LogP contribution in [0.5, 0.6) is 0 Å². The van der Waals surface area contributed by atoms with Gasteiger partial charge in [0.1, 0.15) is 0 Å². The Morgan fingerprint density at radius 1 is 0.846 bits per heavy atom. The Morgan fingerprint density at radius 3 is 2.35 bits per heavy atom. The number of amides is 2. The molecule has 5 nitrogen and oxygen atoms in total. The lowest BCUT2D eigenvalue weighted by Crippen LogP contribution is -2.25. The average Bonchev–Trinajstić information content (AvgIpc) is 2.68. The van der Waals surface area contributed by atoms with E-state index in [0.29, 0.717) is 17.8 Å². The van der Waals surface area contributed by atoms with E-state index in [4.69, 9.17) is 0 Å². The van der Waals surface area contributed by atoms with Crippen LogP contribution in [0.2, 0.25) is 0 Å². The SMILES string of the molecule is O=C(Cc1ccccc1)Nc1ccccc1C(=O)NCc1cccnc1. The predicted octanol–water partition coefficient (Wildman–Crippen LogP) is 3.19. The molecule has 2 N–H and O–H groups in total. The van der Waals surface area contributed by atoms with Crippen LogP contribution in [-0.4, -0.2) is 16.8 Å². The van der Waals surface area contributed by atoms with Crippen molar-refractivity contribution in [2.75, 3.05) is 5.32 Å². The number of benzene rings is 2. The van der Waals surface area contributed by atoms with Gasteiger partial charge < -0.3 is 10.6 Å². The summed E-state index contributed by atoms with van der Waals surface area (Å²) in [5.74, 6) is -0.409.